The first-order valence-electron chi connectivity index (χ1n) is 11.4. The first-order chi connectivity index (χ1) is 14.9. The molecule has 1 saturated heterocycles. The van der Waals surface area contributed by atoms with Crippen molar-refractivity contribution in [3.63, 3.8) is 0 Å². The van der Waals surface area contributed by atoms with E-state index in [9.17, 15) is 9.59 Å². The number of hydrogen-bond acceptors (Lipinski definition) is 5. The second-order valence-electron chi connectivity index (χ2n) is 9.83. The van der Waals surface area contributed by atoms with E-state index in [0.717, 1.165) is 45.3 Å². The van der Waals surface area contributed by atoms with Crippen LogP contribution in [-0.2, 0) is 15.0 Å². The first-order valence-corrected chi connectivity index (χ1v) is 11.8. The van der Waals surface area contributed by atoms with Crippen LogP contribution in [0.4, 0.5) is 0 Å². The van der Waals surface area contributed by atoms with Gasteiger partial charge < -0.3 is 16.4 Å². The number of carbonyl (C=O) groups is 2. The summed E-state index contributed by atoms with van der Waals surface area (Å²) in [6, 6.07) is 0. The van der Waals surface area contributed by atoms with Crippen LogP contribution in [0, 0.1) is 22.7 Å². The summed E-state index contributed by atoms with van der Waals surface area (Å²) < 4.78 is 0. The highest BCUT2D eigenvalue weighted by molar-refractivity contribution is 6.28. The van der Waals surface area contributed by atoms with E-state index in [1.54, 1.807) is 12.4 Å². The number of nitrogens with two attached hydrogens (primary N) is 2. The van der Waals surface area contributed by atoms with Gasteiger partial charge in [0.1, 0.15) is 0 Å². The Morgan fingerprint density at radius 3 is 2.26 bits per heavy atom. The Morgan fingerprint density at radius 1 is 1.03 bits per heavy atom. The van der Waals surface area contributed by atoms with Crippen molar-refractivity contribution >= 4 is 23.4 Å². The number of rotatable bonds is 8. The number of primary amides is 2. The summed E-state index contributed by atoms with van der Waals surface area (Å²) in [4.78, 5) is 37.4. The third-order valence-corrected chi connectivity index (χ3v) is 8.86. The van der Waals surface area contributed by atoms with E-state index in [2.05, 4.69) is 27.0 Å². The predicted molar refractivity (Wildman–Crippen MR) is 117 cm³/mol. The van der Waals surface area contributed by atoms with Gasteiger partial charge in [-0.2, -0.15) is 0 Å². The van der Waals surface area contributed by atoms with Crippen molar-refractivity contribution < 1.29 is 9.59 Å². The van der Waals surface area contributed by atoms with Gasteiger partial charge in [0.2, 0.25) is 17.1 Å². The Bertz CT molecular complexity index is 924. The molecule has 2 amide bonds. The second-order valence-corrected chi connectivity index (χ2v) is 10.2. The van der Waals surface area contributed by atoms with E-state index in [1.165, 1.54) is 12.8 Å². The molecule has 4 atom stereocenters. The molecule has 1 aromatic heterocycles. The van der Waals surface area contributed by atoms with Crippen molar-refractivity contribution in [3.05, 3.63) is 35.4 Å². The van der Waals surface area contributed by atoms with Crippen LogP contribution < -0.4 is 11.5 Å². The molecule has 166 valence electrons. The van der Waals surface area contributed by atoms with Gasteiger partial charge in [0.15, 0.2) is 0 Å². The predicted octanol–water partition coefficient (Wildman–Crippen LogP) is 2.19. The maximum absolute atomic E-state index is 13.4. The number of likely N-dealkylation sites (tertiary alicyclic amines) is 1. The molecule has 3 fully saturated rings. The summed E-state index contributed by atoms with van der Waals surface area (Å²) in [5.74, 6) is -1.21. The van der Waals surface area contributed by atoms with Gasteiger partial charge in [0.05, 0.1) is 10.8 Å². The molecule has 7 nitrogen and oxygen atoms in total. The lowest BCUT2D eigenvalue weighted by Gasteiger charge is -2.47. The van der Waals surface area contributed by atoms with Gasteiger partial charge >= 0.3 is 0 Å². The van der Waals surface area contributed by atoms with Gasteiger partial charge in [0.25, 0.3) is 0 Å². The highest BCUT2D eigenvalue weighted by atomic mass is 35.5. The van der Waals surface area contributed by atoms with Crippen molar-refractivity contribution in [2.24, 2.45) is 34.1 Å². The molecule has 31 heavy (non-hydrogen) atoms. The molecule has 3 aliphatic carbocycles. The SMILES string of the molecule is NC(=O)[C@]1(CCCCN2CCCC2)[C@@H]2C=C[C@@H](C23CC3)[C@@]1(C(N)=O)c1cnc(Cl)nc1. The molecule has 4 aliphatic rings. The maximum Gasteiger partial charge on any atom is 0.229 e. The van der Waals surface area contributed by atoms with E-state index < -0.39 is 22.6 Å². The smallest absolute Gasteiger partial charge is 0.229 e. The molecule has 4 N–H and O–H groups in total. The quantitative estimate of drug-likeness (QED) is 0.363. The molecule has 8 heteroatoms. The van der Waals surface area contributed by atoms with Crippen LogP contribution in [0.3, 0.4) is 0 Å². The third kappa shape index (κ3) is 2.68. The van der Waals surface area contributed by atoms with Crippen LogP contribution in [0.1, 0.15) is 50.5 Å². The summed E-state index contributed by atoms with van der Waals surface area (Å²) >= 11 is 5.94. The lowest BCUT2D eigenvalue weighted by Crippen LogP contribution is -2.62. The largest absolute Gasteiger partial charge is 0.369 e. The van der Waals surface area contributed by atoms with E-state index in [4.69, 9.17) is 23.1 Å². The van der Waals surface area contributed by atoms with Gasteiger partial charge in [-0.3, -0.25) is 9.59 Å². The van der Waals surface area contributed by atoms with Gasteiger partial charge in [-0.1, -0.05) is 18.6 Å². The Morgan fingerprint density at radius 2 is 1.68 bits per heavy atom. The Hall–Kier alpha value is -1.99. The molecule has 5 rings (SSSR count). The molecule has 0 radical (unpaired) electrons. The van der Waals surface area contributed by atoms with Crippen LogP contribution in [0.5, 0.6) is 0 Å². The third-order valence-electron chi connectivity index (χ3n) is 8.66. The average molecular weight is 444 g/mol. The van der Waals surface area contributed by atoms with E-state index >= 15 is 0 Å². The monoisotopic (exact) mass is 443 g/mol. The number of hydrogen-bond donors (Lipinski definition) is 2. The van der Waals surface area contributed by atoms with Crippen LogP contribution in [0.15, 0.2) is 24.5 Å². The zero-order valence-electron chi connectivity index (χ0n) is 17.7. The minimum Gasteiger partial charge on any atom is -0.369 e. The summed E-state index contributed by atoms with van der Waals surface area (Å²) in [5.41, 5.74) is 10.5. The van der Waals surface area contributed by atoms with E-state index in [1.807, 2.05) is 0 Å². The molecule has 0 aromatic carbocycles. The fraction of sp³-hybridized carbons (Fsp3) is 0.652. The van der Waals surface area contributed by atoms with Crippen molar-refractivity contribution in [2.45, 2.75) is 50.4 Å². The molecule has 1 spiro atoms. The van der Waals surface area contributed by atoms with Gasteiger partial charge in [0, 0.05) is 23.9 Å². The second kappa shape index (κ2) is 7.27. The minimum absolute atomic E-state index is 0.0857. The molecule has 0 unspecified atom stereocenters. The van der Waals surface area contributed by atoms with E-state index in [-0.39, 0.29) is 22.5 Å². The zero-order valence-corrected chi connectivity index (χ0v) is 18.5. The average Bonchev–Trinajstić information content (AvgIpc) is 3.11. The minimum atomic E-state index is -1.24. The summed E-state index contributed by atoms with van der Waals surface area (Å²) in [7, 11) is 0. The standard InChI is InChI=1S/C23H30ClN5O2/c24-20-27-13-15(14-28-20)23(19(26)31)17-6-5-16(21(17)8-9-21)22(23,18(25)30)7-1-2-10-29-11-3-4-12-29/h5-6,13-14,16-17H,1-4,7-12H2,(H2,25,30)(H2,26,31)/t16-,17+,22+,23-/m1/s1. The van der Waals surface area contributed by atoms with Crippen molar-refractivity contribution in [3.8, 4) is 0 Å². The van der Waals surface area contributed by atoms with Crippen LogP contribution in [0.25, 0.3) is 0 Å². The number of unbranched alkanes of at least 4 members (excludes halogenated alkanes) is 1. The number of halogens is 1. The van der Waals surface area contributed by atoms with Gasteiger partial charge in [-0.25, -0.2) is 9.97 Å². The summed E-state index contributed by atoms with van der Waals surface area (Å²) in [5, 5.41) is 0.0958. The number of nitrogens with zero attached hydrogens (tertiary/aromatic N) is 3. The maximum atomic E-state index is 13.4. The summed E-state index contributed by atoms with van der Waals surface area (Å²) in [6.45, 7) is 3.30. The van der Waals surface area contributed by atoms with E-state index in [0.29, 0.717) is 12.0 Å². The van der Waals surface area contributed by atoms with Crippen molar-refractivity contribution in [1.82, 2.24) is 14.9 Å². The molecule has 2 saturated carbocycles. The first kappa shape index (κ1) is 20.9. The van der Waals surface area contributed by atoms with Crippen LogP contribution in [-0.4, -0.2) is 46.3 Å². The normalized spacial score (nSPS) is 35.1. The number of carbonyl (C=O) groups excluding carboxylic acids is 2. The molecule has 2 heterocycles. The lowest BCUT2D eigenvalue weighted by molar-refractivity contribution is -0.144. The topological polar surface area (TPSA) is 115 Å². The van der Waals surface area contributed by atoms with Gasteiger partial charge in [-0.15, -0.1) is 0 Å². The number of amides is 2. The van der Waals surface area contributed by atoms with Crippen LogP contribution >= 0.6 is 11.6 Å². The lowest BCUT2D eigenvalue weighted by atomic mass is 9.52. The van der Waals surface area contributed by atoms with Crippen molar-refractivity contribution in [1.29, 1.82) is 0 Å². The summed E-state index contributed by atoms with van der Waals surface area (Å²) in [6.07, 6.45) is 14.1. The van der Waals surface area contributed by atoms with Crippen molar-refractivity contribution in [2.75, 3.05) is 19.6 Å². The highest BCUT2D eigenvalue weighted by Gasteiger charge is 2.82. The molecule has 1 aliphatic heterocycles. The highest BCUT2D eigenvalue weighted by Crippen LogP contribution is 2.80. The number of aromatic nitrogens is 2. The molecule has 2 bridgehead atoms. The molecule has 1 aromatic rings. The fourth-order valence-electron chi connectivity index (χ4n) is 7.36. The Kier molecular flexibility index (Phi) is 4.90. The fourth-order valence-corrected chi connectivity index (χ4v) is 7.45. The molecular formula is C23H30ClN5O2. The van der Waals surface area contributed by atoms with Crippen LogP contribution in [0.2, 0.25) is 5.28 Å². The zero-order chi connectivity index (χ0) is 21.9. The Labute approximate surface area is 187 Å². The Balaban J connectivity index is 1.56. The van der Waals surface area contributed by atoms with Gasteiger partial charge in [-0.05, 0) is 81.1 Å². The molecular weight excluding hydrogens is 414 g/mol. The number of allylic oxidation sites excluding steroid dienone is 2.